The molecule has 9 N–H and O–H groups in total. The fraction of sp³-hybridized carbons (Fsp3) is 0.261. The first-order chi connectivity index (χ1) is 56.3. The first-order valence-corrected chi connectivity index (χ1v) is 40.2. The molecular formula is C92H89BrClFN12O9. The van der Waals surface area contributed by atoms with E-state index < -0.39 is 0 Å². The van der Waals surface area contributed by atoms with Gasteiger partial charge >= 0.3 is 0 Å². The number of nitrogens with one attached hydrogen (secondary N) is 4. The highest BCUT2D eigenvalue weighted by molar-refractivity contribution is 9.10. The number of carbonyl (C=O) groups excluding carboxylic acids is 4. The molecule has 0 aliphatic heterocycles. The topological polar surface area (TPSA) is 321 Å². The number of benzene rings is 8. The fourth-order valence-electron chi connectivity index (χ4n) is 14.6. The summed E-state index contributed by atoms with van der Waals surface area (Å²) in [6.07, 6.45) is 9.88. The predicted octanol–water partition coefficient (Wildman–Crippen LogP) is 15.2. The number of aliphatic hydroxyl groups excluding tert-OH is 4. The van der Waals surface area contributed by atoms with E-state index in [0.717, 1.165) is 196 Å². The molecule has 0 bridgehead atoms. The summed E-state index contributed by atoms with van der Waals surface area (Å²) in [4.78, 5) is 88.4. The molecule has 0 atom stereocenters. The first kappa shape index (κ1) is 82.3. The molecule has 0 saturated heterocycles. The SMILES string of the molecule is CCc1nc2c(nc1NC(=O)Cc1ccc(Br)cc1)CCc1cc(CO)ccc1-2.CCc1nc2c(nc1NC(=O)Cc1ccc(Cl)cc1)CCc1cc(CO)ccc1-2.CCc1nc2c(nc1NC(=O)Cc1ccc(F)cc1)CCc1cc(CO)ccc1-2.CCc1nc2c(nc1NC(=O)Cc1ccc(O)cc1)CCc1cc(CO)ccc1-2. The molecule has 4 heterocycles. The van der Waals surface area contributed by atoms with Crippen LogP contribution in [0, 0.1) is 5.82 Å². The van der Waals surface area contributed by atoms with E-state index in [2.05, 4.69) is 37.2 Å². The molecule has 592 valence electrons. The van der Waals surface area contributed by atoms with Crippen LogP contribution in [0.25, 0.3) is 45.0 Å². The van der Waals surface area contributed by atoms with Crippen molar-refractivity contribution in [3.8, 4) is 50.8 Å². The molecule has 0 radical (unpaired) electrons. The van der Waals surface area contributed by atoms with E-state index >= 15 is 0 Å². The van der Waals surface area contributed by atoms with Crippen molar-refractivity contribution in [2.75, 3.05) is 21.3 Å². The van der Waals surface area contributed by atoms with Gasteiger partial charge < -0.3 is 46.8 Å². The Bertz CT molecular complexity index is 4950. The van der Waals surface area contributed by atoms with E-state index in [-0.39, 0.29) is 80.9 Å². The third-order valence-electron chi connectivity index (χ3n) is 20.6. The average Bonchev–Trinajstić information content (AvgIpc) is 0.788. The van der Waals surface area contributed by atoms with Gasteiger partial charge in [-0.2, -0.15) is 0 Å². The minimum atomic E-state index is -0.325. The third-order valence-corrected chi connectivity index (χ3v) is 21.4. The Morgan fingerprint density at radius 3 is 0.845 bits per heavy atom. The molecule has 116 heavy (non-hydrogen) atoms. The Kier molecular flexibility index (Phi) is 27.1. The Hall–Kier alpha value is -11.7. The molecule has 0 unspecified atom stereocenters. The molecular weight excluding hydrogens is 1550 g/mol. The number of nitrogens with zero attached hydrogens (tertiary/aromatic N) is 8. The van der Waals surface area contributed by atoms with Gasteiger partial charge in [0.2, 0.25) is 23.6 Å². The van der Waals surface area contributed by atoms with Gasteiger partial charge in [-0.3, -0.25) is 19.2 Å². The molecule has 4 aliphatic rings. The van der Waals surface area contributed by atoms with Crippen molar-refractivity contribution < 1.29 is 49.1 Å². The number of anilines is 4. The number of halogens is 3. The van der Waals surface area contributed by atoms with Gasteiger partial charge in [-0.1, -0.05) is 177 Å². The van der Waals surface area contributed by atoms with Crippen LogP contribution in [0.5, 0.6) is 5.75 Å². The van der Waals surface area contributed by atoms with Gasteiger partial charge in [-0.25, -0.2) is 44.3 Å². The smallest absolute Gasteiger partial charge is 0.229 e. The lowest BCUT2D eigenvalue weighted by molar-refractivity contribution is -0.116. The Balaban J connectivity index is 0.000000135. The Labute approximate surface area is 685 Å². The highest BCUT2D eigenvalue weighted by atomic mass is 79.9. The van der Waals surface area contributed by atoms with Crippen molar-refractivity contribution in [2.24, 2.45) is 0 Å². The van der Waals surface area contributed by atoms with Crippen LogP contribution in [0.2, 0.25) is 5.02 Å². The summed E-state index contributed by atoms with van der Waals surface area (Å²) in [5.74, 6) is 1.38. The number of rotatable bonds is 20. The number of aliphatic hydroxyl groups is 4. The summed E-state index contributed by atoms with van der Waals surface area (Å²) in [7, 11) is 0. The highest BCUT2D eigenvalue weighted by Crippen LogP contribution is 2.39. The van der Waals surface area contributed by atoms with Crippen LogP contribution < -0.4 is 21.3 Å². The summed E-state index contributed by atoms with van der Waals surface area (Å²) in [5, 5.41) is 59.2. The standard InChI is InChI=1S/C23H22BrN3O2.C23H22ClN3O2.C23H22FN3O2.C23H23N3O3/c3*1-2-19-23(27-21(29)12-14-3-7-17(24)8-4-14)26-20-10-6-16-11-15(13-28)5-9-18(16)22(20)25-19;1-2-19-23(26-21(29)12-14-3-7-17(28)8-4-14)25-20-10-6-16-11-15(13-27)5-9-18(16)22(20)24-19/h3*3-5,7-9,11,28H,2,6,10,12-13H2,1H3,(H,26,27,29);3-5,7-9,11,27-28H,2,6,10,12-13H2,1H3,(H,25,26,29). The largest absolute Gasteiger partial charge is 0.508 e. The number of aromatic hydroxyl groups is 1. The van der Waals surface area contributed by atoms with Crippen LogP contribution >= 0.6 is 27.5 Å². The van der Waals surface area contributed by atoms with Gasteiger partial charge in [0.1, 0.15) is 11.6 Å². The lowest BCUT2D eigenvalue weighted by Crippen LogP contribution is -2.19. The van der Waals surface area contributed by atoms with Crippen molar-refractivity contribution in [1.29, 1.82) is 0 Å². The minimum Gasteiger partial charge on any atom is -0.508 e. The van der Waals surface area contributed by atoms with Gasteiger partial charge in [0.05, 0.1) is 120 Å². The zero-order valence-electron chi connectivity index (χ0n) is 64.9. The van der Waals surface area contributed by atoms with E-state index in [9.17, 15) is 49.1 Å². The van der Waals surface area contributed by atoms with E-state index in [1.165, 1.54) is 28.8 Å². The molecule has 0 spiro atoms. The van der Waals surface area contributed by atoms with Crippen molar-refractivity contribution in [1.82, 2.24) is 39.9 Å². The normalized spacial score (nSPS) is 12.2. The molecule has 0 saturated carbocycles. The van der Waals surface area contributed by atoms with E-state index in [4.69, 9.17) is 51.5 Å². The van der Waals surface area contributed by atoms with Gasteiger partial charge in [-0.05, 0) is 192 Å². The maximum Gasteiger partial charge on any atom is 0.229 e. The number of carbonyl (C=O) groups is 4. The monoisotopic (exact) mass is 1640 g/mol. The number of fused-ring (bicyclic) bond motifs is 12. The summed E-state index contributed by atoms with van der Waals surface area (Å²) in [6.45, 7) is 8.10. The van der Waals surface area contributed by atoms with Crippen LogP contribution in [0.4, 0.5) is 27.7 Å². The zero-order valence-corrected chi connectivity index (χ0v) is 67.2. The van der Waals surface area contributed by atoms with Crippen LogP contribution in [0.1, 0.15) is 140 Å². The number of amides is 4. The lowest BCUT2D eigenvalue weighted by Gasteiger charge is -2.21. The predicted molar refractivity (Wildman–Crippen MR) is 450 cm³/mol. The van der Waals surface area contributed by atoms with E-state index in [1.54, 1.807) is 48.5 Å². The molecule has 16 rings (SSSR count). The van der Waals surface area contributed by atoms with Crippen LogP contribution in [-0.4, -0.2) is 89.0 Å². The lowest BCUT2D eigenvalue weighted by atomic mass is 9.90. The van der Waals surface area contributed by atoms with Gasteiger partial charge in [0.25, 0.3) is 0 Å². The number of hydrogen-bond acceptors (Lipinski definition) is 17. The fourth-order valence-corrected chi connectivity index (χ4v) is 15.0. The number of hydrogen-bond donors (Lipinski definition) is 9. The number of aromatic nitrogens is 8. The quantitative estimate of drug-likeness (QED) is 0.0342. The second kappa shape index (κ2) is 38.2. The number of aryl methyl sites for hydroxylation is 12. The Morgan fingerprint density at radius 1 is 0.345 bits per heavy atom. The molecule has 4 aliphatic carbocycles. The summed E-state index contributed by atoms with van der Waals surface area (Å²) in [5.41, 5.74) is 26.0. The maximum atomic E-state index is 13.0. The minimum absolute atomic E-state index is 0.0189. The summed E-state index contributed by atoms with van der Waals surface area (Å²) >= 11 is 9.31. The van der Waals surface area contributed by atoms with Crippen LogP contribution in [0.3, 0.4) is 0 Å². The second-order valence-electron chi connectivity index (χ2n) is 28.7. The highest BCUT2D eigenvalue weighted by Gasteiger charge is 2.28. The van der Waals surface area contributed by atoms with Crippen molar-refractivity contribution >= 4 is 74.4 Å². The number of phenols is 1. The second-order valence-corrected chi connectivity index (χ2v) is 30.1. The maximum absolute atomic E-state index is 13.0. The molecule has 4 amide bonds. The van der Waals surface area contributed by atoms with Crippen LogP contribution in [0.15, 0.2) is 174 Å². The van der Waals surface area contributed by atoms with Gasteiger partial charge in [-0.15, -0.1) is 0 Å². The molecule has 21 nitrogen and oxygen atoms in total. The summed E-state index contributed by atoms with van der Waals surface area (Å²) < 4.78 is 14.0. The average molecular weight is 1640 g/mol. The van der Waals surface area contributed by atoms with Crippen molar-refractivity contribution in [3.05, 3.63) is 297 Å². The molecule has 12 aromatic rings. The van der Waals surface area contributed by atoms with E-state index in [0.29, 0.717) is 60.4 Å². The van der Waals surface area contributed by atoms with Crippen LogP contribution in [-0.2, 0) is 148 Å². The Morgan fingerprint density at radius 2 is 0.586 bits per heavy atom. The van der Waals surface area contributed by atoms with Gasteiger partial charge in [0, 0.05) is 31.7 Å². The third kappa shape index (κ3) is 20.1. The van der Waals surface area contributed by atoms with Crippen molar-refractivity contribution in [3.63, 3.8) is 0 Å². The van der Waals surface area contributed by atoms with Crippen molar-refractivity contribution in [2.45, 2.75) is 157 Å². The summed E-state index contributed by atoms with van der Waals surface area (Å²) in [6, 6.07) is 51.2. The van der Waals surface area contributed by atoms with E-state index in [1.807, 2.05) is 137 Å². The van der Waals surface area contributed by atoms with Gasteiger partial charge in [0.15, 0.2) is 23.3 Å². The molecule has 8 aromatic carbocycles. The zero-order chi connectivity index (χ0) is 81.5. The number of phenolic OH excluding ortho intramolecular Hbond substituents is 1. The first-order valence-electron chi connectivity index (χ1n) is 39.0. The molecule has 0 fully saturated rings. The molecule has 24 heteroatoms. The molecule has 4 aromatic heterocycles.